The van der Waals surface area contributed by atoms with Crippen molar-refractivity contribution >= 4 is 18.0 Å². The van der Waals surface area contributed by atoms with E-state index in [-0.39, 0.29) is 30.5 Å². The van der Waals surface area contributed by atoms with Gasteiger partial charge in [0, 0.05) is 18.0 Å². The number of nitrogens with zero attached hydrogens (tertiary/aromatic N) is 1. The van der Waals surface area contributed by atoms with E-state index in [0.29, 0.717) is 25.7 Å². The van der Waals surface area contributed by atoms with E-state index in [2.05, 4.69) is 29.6 Å². The Labute approximate surface area is 191 Å². The number of hydrogen-bond donors (Lipinski definition) is 2. The lowest BCUT2D eigenvalue weighted by molar-refractivity contribution is -0.143. The van der Waals surface area contributed by atoms with E-state index in [9.17, 15) is 19.5 Å². The molecule has 2 heterocycles. The zero-order chi connectivity index (χ0) is 22.7. The molecule has 0 aromatic heterocycles. The molecule has 4 aliphatic rings. The van der Waals surface area contributed by atoms with Gasteiger partial charge in [-0.3, -0.25) is 9.59 Å². The second-order valence-electron chi connectivity index (χ2n) is 9.72. The highest BCUT2D eigenvalue weighted by Crippen LogP contribution is 2.47. The highest BCUT2D eigenvalue weighted by molar-refractivity contribution is 5.94. The molecule has 2 N–H and O–H groups in total. The van der Waals surface area contributed by atoms with E-state index in [0.717, 1.165) is 28.7 Å². The summed E-state index contributed by atoms with van der Waals surface area (Å²) in [6.45, 7) is 0.195. The monoisotopic (exact) mass is 446 g/mol. The highest BCUT2D eigenvalue weighted by Gasteiger charge is 2.60. The first-order valence-electron chi connectivity index (χ1n) is 11.7. The number of benzene rings is 2. The van der Waals surface area contributed by atoms with Crippen LogP contribution in [0.4, 0.5) is 4.79 Å². The van der Waals surface area contributed by atoms with E-state index in [1.165, 1.54) is 0 Å². The first-order valence-corrected chi connectivity index (χ1v) is 11.7. The smallest absolute Gasteiger partial charge is 0.408 e. The Kier molecular flexibility index (Phi) is 4.50. The number of alkyl carbamates (subject to hydrolysis) is 1. The van der Waals surface area contributed by atoms with Crippen LogP contribution in [-0.2, 0) is 14.3 Å². The number of hydrogen-bond acceptors (Lipinski definition) is 4. The molecular formula is C26H26N2O5. The third-order valence-corrected chi connectivity index (χ3v) is 7.93. The Bertz CT molecular complexity index is 1110. The number of ether oxygens (including phenoxy) is 1. The molecule has 170 valence electrons. The maximum atomic E-state index is 13.3. The van der Waals surface area contributed by atoms with Crippen molar-refractivity contribution in [2.45, 2.75) is 55.6 Å². The normalized spacial score (nSPS) is 25.9. The Morgan fingerprint density at radius 1 is 1.00 bits per heavy atom. The molecule has 1 saturated carbocycles. The number of fused-ring (bicyclic) bond motifs is 5. The summed E-state index contributed by atoms with van der Waals surface area (Å²) in [5.74, 6) is -1.53. The lowest BCUT2D eigenvalue weighted by Crippen LogP contribution is -2.53. The van der Waals surface area contributed by atoms with E-state index >= 15 is 0 Å². The summed E-state index contributed by atoms with van der Waals surface area (Å²) < 4.78 is 5.64. The van der Waals surface area contributed by atoms with Gasteiger partial charge < -0.3 is 20.1 Å². The number of carbonyl (C=O) groups is 3. The van der Waals surface area contributed by atoms with E-state index in [4.69, 9.17) is 4.74 Å². The predicted octanol–water partition coefficient (Wildman–Crippen LogP) is 3.52. The van der Waals surface area contributed by atoms with Crippen molar-refractivity contribution < 1.29 is 24.2 Å². The highest BCUT2D eigenvalue weighted by atomic mass is 16.5. The van der Waals surface area contributed by atoms with Gasteiger partial charge in [0.25, 0.3) is 0 Å². The molecule has 0 radical (unpaired) electrons. The van der Waals surface area contributed by atoms with Crippen LogP contribution < -0.4 is 5.32 Å². The van der Waals surface area contributed by atoms with Crippen LogP contribution in [0.25, 0.3) is 11.1 Å². The minimum Gasteiger partial charge on any atom is -0.481 e. The molecule has 6 rings (SSSR count). The van der Waals surface area contributed by atoms with Crippen molar-refractivity contribution in [2.75, 3.05) is 6.61 Å². The van der Waals surface area contributed by atoms with Crippen molar-refractivity contribution in [1.29, 1.82) is 0 Å². The Morgan fingerprint density at radius 3 is 2.21 bits per heavy atom. The molecule has 2 amide bonds. The molecule has 2 bridgehead atoms. The largest absolute Gasteiger partial charge is 0.481 e. The molecule has 2 aromatic carbocycles. The van der Waals surface area contributed by atoms with Gasteiger partial charge in [0.2, 0.25) is 5.91 Å². The van der Waals surface area contributed by atoms with Gasteiger partial charge in [-0.15, -0.1) is 0 Å². The molecule has 2 saturated heterocycles. The minimum absolute atomic E-state index is 0.0367. The number of rotatable bonds is 5. The molecule has 2 aliphatic carbocycles. The quantitative estimate of drug-likeness (QED) is 0.733. The zero-order valence-corrected chi connectivity index (χ0v) is 18.2. The summed E-state index contributed by atoms with van der Waals surface area (Å²) in [6, 6.07) is 16.0. The van der Waals surface area contributed by atoms with Crippen LogP contribution in [0.15, 0.2) is 48.5 Å². The lowest BCUT2D eigenvalue weighted by atomic mass is 9.89. The predicted molar refractivity (Wildman–Crippen MR) is 120 cm³/mol. The van der Waals surface area contributed by atoms with Gasteiger partial charge in [0.05, 0.1) is 5.92 Å². The summed E-state index contributed by atoms with van der Waals surface area (Å²) >= 11 is 0. The van der Waals surface area contributed by atoms with Crippen molar-refractivity contribution in [3.8, 4) is 11.1 Å². The first kappa shape index (κ1) is 20.3. The zero-order valence-electron chi connectivity index (χ0n) is 18.2. The summed E-state index contributed by atoms with van der Waals surface area (Å²) in [7, 11) is 0. The van der Waals surface area contributed by atoms with Gasteiger partial charge in [-0.25, -0.2) is 4.79 Å². The minimum atomic E-state index is -0.948. The van der Waals surface area contributed by atoms with Crippen LogP contribution in [0, 0.1) is 5.92 Å². The maximum Gasteiger partial charge on any atom is 0.408 e. The molecule has 33 heavy (non-hydrogen) atoms. The van der Waals surface area contributed by atoms with E-state index in [1.54, 1.807) is 4.90 Å². The Hall–Kier alpha value is -3.35. The fourth-order valence-corrected chi connectivity index (χ4v) is 6.16. The number of carboxylic acids is 1. The van der Waals surface area contributed by atoms with E-state index in [1.807, 2.05) is 24.3 Å². The second-order valence-corrected chi connectivity index (χ2v) is 9.72. The maximum absolute atomic E-state index is 13.3. The number of amides is 2. The van der Waals surface area contributed by atoms with Crippen molar-refractivity contribution in [3.63, 3.8) is 0 Å². The van der Waals surface area contributed by atoms with E-state index < -0.39 is 23.5 Å². The van der Waals surface area contributed by atoms with Crippen LogP contribution in [0.1, 0.15) is 49.1 Å². The molecule has 0 unspecified atom stereocenters. The molecule has 0 spiro atoms. The molecule has 2 aromatic rings. The lowest BCUT2D eigenvalue weighted by Gasteiger charge is -2.28. The average Bonchev–Trinajstić information content (AvgIpc) is 3.22. The van der Waals surface area contributed by atoms with Gasteiger partial charge in [0.1, 0.15) is 12.1 Å². The number of nitrogens with one attached hydrogen (secondary N) is 1. The summed E-state index contributed by atoms with van der Waals surface area (Å²) in [5.41, 5.74) is 3.65. The van der Waals surface area contributed by atoms with Gasteiger partial charge in [-0.05, 0) is 54.4 Å². The first-order chi connectivity index (χ1) is 16.0. The molecule has 7 nitrogen and oxygen atoms in total. The standard InChI is InChI=1S/C26H26N2O5/c29-23(30)20-13-15-9-10-22(20)28(15)24(31)26(11-12-26)27-25(32)33-14-21-18-7-3-1-5-16(18)17-6-2-4-8-19(17)21/h1-8,15,20-22H,9-14H2,(H,27,32)(H,29,30)/t15-,20+,22+/m1/s1. The fourth-order valence-electron chi connectivity index (χ4n) is 6.16. The van der Waals surface area contributed by atoms with Crippen molar-refractivity contribution in [2.24, 2.45) is 5.92 Å². The number of carboxylic acid groups (broad SMARTS) is 1. The number of carbonyl (C=O) groups excluding carboxylic acids is 2. The third kappa shape index (κ3) is 3.13. The summed E-state index contributed by atoms with van der Waals surface area (Å²) in [4.78, 5) is 39.4. The van der Waals surface area contributed by atoms with Crippen molar-refractivity contribution in [1.82, 2.24) is 10.2 Å². The number of aliphatic carboxylic acids is 1. The summed E-state index contributed by atoms with van der Waals surface area (Å²) in [5, 5.41) is 12.3. The average molecular weight is 447 g/mol. The van der Waals surface area contributed by atoms with Crippen molar-refractivity contribution in [3.05, 3.63) is 59.7 Å². The van der Waals surface area contributed by atoms with Gasteiger partial charge in [-0.2, -0.15) is 0 Å². The topological polar surface area (TPSA) is 95.9 Å². The van der Waals surface area contributed by atoms with Crippen LogP contribution in [0.5, 0.6) is 0 Å². The van der Waals surface area contributed by atoms with Gasteiger partial charge in [-0.1, -0.05) is 48.5 Å². The van der Waals surface area contributed by atoms with Crippen LogP contribution in [-0.4, -0.2) is 52.2 Å². The molecule has 2 aliphatic heterocycles. The van der Waals surface area contributed by atoms with Gasteiger partial charge >= 0.3 is 12.1 Å². The second kappa shape index (κ2) is 7.33. The Balaban J connectivity index is 1.13. The molecule has 7 heteroatoms. The molecule has 3 atom stereocenters. The van der Waals surface area contributed by atoms with Crippen LogP contribution >= 0.6 is 0 Å². The van der Waals surface area contributed by atoms with Crippen LogP contribution in [0.3, 0.4) is 0 Å². The molecular weight excluding hydrogens is 420 g/mol. The fraction of sp³-hybridized carbons (Fsp3) is 0.423. The van der Waals surface area contributed by atoms with Gasteiger partial charge in [0.15, 0.2) is 0 Å². The molecule has 3 fully saturated rings. The SMILES string of the molecule is O=C(NC1(C(=O)N2[C@@H]3CC[C@H]2[C@@H](C(=O)O)C3)CC1)OCC1c2ccccc2-c2ccccc21. The third-order valence-electron chi connectivity index (χ3n) is 7.93. The summed E-state index contributed by atoms with van der Waals surface area (Å²) in [6.07, 6.45) is 2.58. The Morgan fingerprint density at radius 2 is 1.64 bits per heavy atom. The van der Waals surface area contributed by atoms with Crippen LogP contribution in [0.2, 0.25) is 0 Å².